The number of rotatable bonds is 4. The number of imide groups is 1. The number of amides is 3. The summed E-state index contributed by atoms with van der Waals surface area (Å²) in [5, 5.41) is 3.10. The maximum atomic E-state index is 13.4. The molecule has 1 atom stereocenters. The first-order valence-electron chi connectivity index (χ1n) is 9.31. The van der Waals surface area contributed by atoms with Crippen LogP contribution in [-0.2, 0) is 10.2 Å². The number of aryl methyl sites for hydroxylation is 1. The van der Waals surface area contributed by atoms with E-state index >= 15 is 0 Å². The molecular weight excluding hydrogens is 419 g/mol. The fourth-order valence-corrected chi connectivity index (χ4v) is 4.23. The van der Waals surface area contributed by atoms with Crippen molar-refractivity contribution >= 4 is 28.4 Å². The van der Waals surface area contributed by atoms with Crippen LogP contribution in [-0.4, -0.2) is 40.7 Å². The number of carbonyl (C=O) groups excluding carboxylic acids is 2. The van der Waals surface area contributed by atoms with Crippen LogP contribution in [0.2, 0.25) is 0 Å². The third-order valence-electron chi connectivity index (χ3n) is 5.15. The lowest BCUT2D eigenvalue weighted by Gasteiger charge is -2.27. The second-order valence-electron chi connectivity index (χ2n) is 7.62. The van der Waals surface area contributed by atoms with E-state index in [0.29, 0.717) is 29.1 Å². The van der Waals surface area contributed by atoms with Gasteiger partial charge < -0.3 is 11.1 Å². The quantitative estimate of drug-likeness (QED) is 0.756. The summed E-state index contributed by atoms with van der Waals surface area (Å²) in [7, 11) is 0. The van der Waals surface area contributed by atoms with Crippen LogP contribution in [0.15, 0.2) is 18.3 Å². The third-order valence-corrected chi connectivity index (χ3v) is 6.34. The number of aromatic nitrogens is 2. The number of hydrogen-bond acceptors (Lipinski definition) is 6. The summed E-state index contributed by atoms with van der Waals surface area (Å²) in [4.78, 5) is 34.3. The highest BCUT2D eigenvalue weighted by Crippen LogP contribution is 2.41. The summed E-state index contributed by atoms with van der Waals surface area (Å²) in [5.74, 6) is -0.492. The maximum absolute atomic E-state index is 13.4. The van der Waals surface area contributed by atoms with E-state index in [9.17, 15) is 22.8 Å². The second-order valence-corrected chi connectivity index (χ2v) is 8.60. The van der Waals surface area contributed by atoms with Crippen molar-refractivity contribution < 1.29 is 22.8 Å². The van der Waals surface area contributed by atoms with Gasteiger partial charge in [-0.3, -0.25) is 9.78 Å². The predicted molar refractivity (Wildman–Crippen MR) is 107 cm³/mol. The van der Waals surface area contributed by atoms with E-state index < -0.39 is 29.6 Å². The Bertz CT molecular complexity index is 967. The van der Waals surface area contributed by atoms with Crippen LogP contribution in [0.25, 0.3) is 10.4 Å². The molecule has 1 saturated heterocycles. The highest BCUT2D eigenvalue weighted by atomic mass is 32.1. The fourth-order valence-electron chi connectivity index (χ4n) is 3.15. The molecule has 3 heterocycles. The van der Waals surface area contributed by atoms with Crippen molar-refractivity contribution in [3.63, 3.8) is 0 Å². The highest BCUT2D eigenvalue weighted by Gasteiger charge is 2.49. The normalized spacial score (nSPS) is 17.2. The van der Waals surface area contributed by atoms with Gasteiger partial charge in [0.2, 0.25) is 5.13 Å². The van der Waals surface area contributed by atoms with E-state index in [4.69, 9.17) is 5.73 Å². The van der Waals surface area contributed by atoms with Crippen LogP contribution in [0.4, 0.5) is 23.1 Å². The minimum atomic E-state index is -4.48. The smallest absolute Gasteiger partial charge is 0.351 e. The summed E-state index contributed by atoms with van der Waals surface area (Å²) in [6.45, 7) is 4.44. The average Bonchev–Trinajstić information content (AvgIpc) is 3.31. The number of anilines is 1. The van der Waals surface area contributed by atoms with E-state index in [1.165, 1.54) is 12.3 Å². The van der Waals surface area contributed by atoms with E-state index in [-0.39, 0.29) is 10.8 Å². The minimum absolute atomic E-state index is 0.0853. The molecule has 7 nitrogen and oxygen atoms in total. The zero-order valence-electron chi connectivity index (χ0n) is 16.7. The minimum Gasteiger partial charge on any atom is -0.351 e. The first kappa shape index (κ1) is 22.2. The molecule has 30 heavy (non-hydrogen) atoms. The lowest BCUT2D eigenvalue weighted by atomic mass is 9.87. The van der Waals surface area contributed by atoms with Gasteiger partial charge >= 0.3 is 12.2 Å². The average molecular weight is 441 g/mol. The highest BCUT2D eigenvalue weighted by molar-refractivity contribution is 7.19. The number of thiazole rings is 1. The standard InChI is InChI=1S/C19H22F3N5O2S/c1-10-14(11-6-8-25-13(9-11)18(2,3)19(20,21)22)30-17(26-10)27(16(23)29)15(28)12-5-4-7-24-12/h6,8-9,12,24H,4-5,7H2,1-3H3,(H2,23,29)/t12-/m0/s1. The Morgan fingerprint density at radius 1 is 1.33 bits per heavy atom. The molecule has 2 aromatic heterocycles. The summed E-state index contributed by atoms with van der Waals surface area (Å²) >= 11 is 1.02. The first-order chi connectivity index (χ1) is 13.9. The number of alkyl halides is 3. The largest absolute Gasteiger partial charge is 0.399 e. The molecule has 1 aliphatic heterocycles. The Labute approximate surface area is 175 Å². The van der Waals surface area contributed by atoms with Gasteiger partial charge in [0.15, 0.2) is 0 Å². The number of urea groups is 1. The SMILES string of the molecule is Cc1nc(N(C(N)=O)C(=O)[C@@H]2CCCN2)sc1-c1ccnc(C(C)(C)C(F)(F)F)c1. The van der Waals surface area contributed by atoms with E-state index in [2.05, 4.69) is 15.3 Å². The van der Waals surface area contributed by atoms with Crippen LogP contribution < -0.4 is 16.0 Å². The Hall–Kier alpha value is -2.53. The molecule has 2 aromatic rings. The summed E-state index contributed by atoms with van der Waals surface area (Å²) in [5.41, 5.74) is 4.09. The van der Waals surface area contributed by atoms with Crippen molar-refractivity contribution in [2.75, 3.05) is 11.4 Å². The lowest BCUT2D eigenvalue weighted by molar-refractivity contribution is -0.181. The third kappa shape index (κ3) is 4.04. The van der Waals surface area contributed by atoms with Crippen LogP contribution in [0, 0.1) is 6.92 Å². The van der Waals surface area contributed by atoms with Crippen molar-refractivity contribution in [2.24, 2.45) is 5.73 Å². The van der Waals surface area contributed by atoms with Crippen LogP contribution >= 0.6 is 11.3 Å². The van der Waals surface area contributed by atoms with Crippen LogP contribution in [0.5, 0.6) is 0 Å². The van der Waals surface area contributed by atoms with Gasteiger partial charge in [0, 0.05) is 6.20 Å². The van der Waals surface area contributed by atoms with Crippen molar-refractivity contribution in [1.82, 2.24) is 15.3 Å². The number of carbonyl (C=O) groups is 2. The number of nitrogens with zero attached hydrogens (tertiary/aromatic N) is 3. The van der Waals surface area contributed by atoms with Crippen molar-refractivity contribution in [2.45, 2.75) is 51.2 Å². The van der Waals surface area contributed by atoms with Gasteiger partial charge in [-0.05, 0) is 57.9 Å². The molecule has 1 fully saturated rings. The molecule has 0 saturated carbocycles. The maximum Gasteiger partial charge on any atom is 0.399 e. The van der Waals surface area contributed by atoms with Gasteiger partial charge in [0.1, 0.15) is 5.41 Å². The molecule has 0 unspecified atom stereocenters. The molecule has 1 aliphatic rings. The van der Waals surface area contributed by atoms with Gasteiger partial charge in [0.25, 0.3) is 5.91 Å². The molecule has 3 N–H and O–H groups in total. The van der Waals surface area contributed by atoms with Crippen molar-refractivity contribution in [3.8, 4) is 10.4 Å². The number of hydrogen-bond donors (Lipinski definition) is 2. The summed E-state index contributed by atoms with van der Waals surface area (Å²) in [6, 6.07) is 1.44. The van der Waals surface area contributed by atoms with Gasteiger partial charge in [-0.2, -0.15) is 13.2 Å². The molecule has 3 amide bonds. The number of nitrogens with two attached hydrogens (primary N) is 1. The van der Waals surface area contributed by atoms with Crippen molar-refractivity contribution in [1.29, 1.82) is 0 Å². The molecule has 0 spiro atoms. The van der Waals surface area contributed by atoms with E-state index in [1.54, 1.807) is 13.0 Å². The molecule has 3 rings (SSSR count). The lowest BCUT2D eigenvalue weighted by Crippen LogP contribution is -2.49. The Morgan fingerprint density at radius 3 is 2.60 bits per heavy atom. The molecule has 0 radical (unpaired) electrons. The first-order valence-corrected chi connectivity index (χ1v) is 10.1. The van der Waals surface area contributed by atoms with E-state index in [0.717, 1.165) is 36.5 Å². The Balaban J connectivity index is 1.99. The van der Waals surface area contributed by atoms with Gasteiger partial charge in [-0.25, -0.2) is 14.7 Å². The molecule has 0 aromatic carbocycles. The van der Waals surface area contributed by atoms with E-state index in [1.807, 2.05) is 0 Å². The number of primary amides is 1. The Morgan fingerprint density at radius 2 is 2.03 bits per heavy atom. The monoisotopic (exact) mass is 441 g/mol. The molecule has 11 heteroatoms. The summed E-state index contributed by atoms with van der Waals surface area (Å²) in [6.07, 6.45) is -1.79. The molecule has 162 valence electrons. The van der Waals surface area contributed by atoms with Gasteiger partial charge in [0.05, 0.1) is 22.3 Å². The number of halogens is 3. The second kappa shape index (κ2) is 7.95. The fraction of sp³-hybridized carbons (Fsp3) is 0.474. The zero-order valence-corrected chi connectivity index (χ0v) is 17.5. The van der Waals surface area contributed by atoms with Crippen molar-refractivity contribution in [3.05, 3.63) is 29.7 Å². The molecule has 0 aliphatic carbocycles. The number of nitrogens with one attached hydrogen (secondary N) is 1. The Kier molecular flexibility index (Phi) is 5.87. The van der Waals surface area contributed by atoms with Gasteiger partial charge in [-0.1, -0.05) is 11.3 Å². The van der Waals surface area contributed by atoms with Gasteiger partial charge in [-0.15, -0.1) is 0 Å². The molecule has 0 bridgehead atoms. The summed E-state index contributed by atoms with van der Waals surface area (Å²) < 4.78 is 40.3. The number of pyridine rings is 1. The topological polar surface area (TPSA) is 101 Å². The zero-order chi connectivity index (χ0) is 22.3. The van der Waals surface area contributed by atoms with Crippen LogP contribution in [0.1, 0.15) is 38.1 Å². The molecular formula is C19H22F3N5O2S. The predicted octanol–water partition coefficient (Wildman–Crippen LogP) is 3.52. The van der Waals surface area contributed by atoms with Crippen LogP contribution in [0.3, 0.4) is 0 Å².